The number of carboxylic acids is 1. The minimum atomic E-state index is -2.09. The highest BCUT2D eigenvalue weighted by Crippen LogP contribution is 2.46. The minimum Gasteiger partial charge on any atom is -0.481 e. The van der Waals surface area contributed by atoms with Gasteiger partial charge in [0.1, 0.15) is 92.9 Å². The zero-order valence-electron chi connectivity index (χ0n) is 47.7. The number of carboxylic acid groups (broad SMARTS) is 1. The molecule has 4 heterocycles. The summed E-state index contributed by atoms with van der Waals surface area (Å²) >= 11 is 0. The van der Waals surface area contributed by atoms with Crippen molar-refractivity contribution in [1.29, 1.82) is 0 Å². The van der Waals surface area contributed by atoms with E-state index in [-0.39, 0.29) is 63.2 Å². The normalized spacial score (nSPS) is 45.9. The van der Waals surface area contributed by atoms with Gasteiger partial charge in [0.15, 0.2) is 25.0 Å². The Balaban J connectivity index is 1.08. The highest BCUT2D eigenvalue weighted by atomic mass is 16.8. The number of methoxy groups -OCH3 is 2. The van der Waals surface area contributed by atoms with Crippen LogP contribution in [0.2, 0.25) is 0 Å². The largest absolute Gasteiger partial charge is 0.481 e. The molecule has 0 bridgehead atoms. The first-order chi connectivity index (χ1) is 41.0. The molecule has 0 aromatic carbocycles. The zero-order chi connectivity index (χ0) is 62.3. The SMILES string of the molecule is COC1CC(C=CC(=O)O[C@H]2[C@H](O[C@H]3[C@H](OC4CC5C(CC(O)CC5O[C@@H]5O[C@H](COC(=O)CC(=O)O)[C@@H](O)[C@H](O)[C@H]5O)OC4C4CCC(O)C(O)C4)O[C@H](COC(=O)C=CC4CCC(O)CC4)[C@@H](O)[C@@H]3O)O[C@H](CO)[C@@H](O)[C@@H]2O)CC(OC)C1O. The van der Waals surface area contributed by atoms with Crippen LogP contribution in [-0.2, 0) is 76.0 Å². The maximum Gasteiger partial charge on any atom is 0.330 e. The van der Waals surface area contributed by atoms with Gasteiger partial charge in [-0.2, -0.15) is 0 Å². The van der Waals surface area contributed by atoms with Crippen LogP contribution >= 0.6 is 0 Å². The summed E-state index contributed by atoms with van der Waals surface area (Å²) in [6.45, 7) is -2.38. The second-order valence-corrected chi connectivity index (χ2v) is 23.9. The first-order valence-electron chi connectivity index (χ1n) is 29.5. The number of hydrogen-bond donors (Lipinski definition) is 14. The standard InChI is InChI=1S/C56H86O30/c1-75-33-13-24(14-34(76-2)43(33)67)6-12-41(65)85-52-48(72)44(68)36(20-57)82-56(52)86-53-49(73)46(70)38(21-77-40(64)11-5-23-3-8-26(58)9-4-23)84-55(53)81-35-18-28-31(79-51(35)25-7-10-29(60)30(61)15-25)16-27(59)17-32(28)80-54-50(74)47(71)45(69)37(83-54)22-78-42(66)19-39(62)63/h5-6,11-12,23-38,43-61,67-74H,3-4,7-10,13-22H2,1-2H3,(H,62,63)/t23?,24?,25?,26?,27?,28?,29?,30?,31?,32?,33?,34?,35?,36-,37-,38-,43?,44-,45-,46-,47+,48+,49+,50-,51?,52-,53-,54-,55-,56+/m1/s1. The van der Waals surface area contributed by atoms with E-state index in [1.54, 1.807) is 6.08 Å². The van der Waals surface area contributed by atoms with Crippen LogP contribution in [0.4, 0.5) is 0 Å². The summed E-state index contributed by atoms with van der Waals surface area (Å²) in [5.74, 6) is -6.46. The quantitative estimate of drug-likeness (QED) is 0.0222. The van der Waals surface area contributed by atoms with E-state index in [9.17, 15) is 85.6 Å². The molecule has 0 amide bonds. The van der Waals surface area contributed by atoms with Crippen LogP contribution in [0, 0.1) is 23.7 Å². The maximum absolute atomic E-state index is 13.7. The summed E-state index contributed by atoms with van der Waals surface area (Å²) in [4.78, 5) is 50.1. The lowest BCUT2D eigenvalue weighted by Gasteiger charge is -2.53. The number of aliphatic hydroxyl groups excluding tert-OH is 13. The maximum atomic E-state index is 13.7. The molecule has 8 rings (SSSR count). The molecule has 30 nitrogen and oxygen atoms in total. The number of aliphatic carboxylic acids is 1. The van der Waals surface area contributed by atoms with Crippen molar-refractivity contribution < 1.29 is 148 Å². The summed E-state index contributed by atoms with van der Waals surface area (Å²) < 4.78 is 71.4. The number of aliphatic hydroxyl groups is 13. The second kappa shape index (κ2) is 31.0. The smallest absolute Gasteiger partial charge is 0.330 e. The minimum absolute atomic E-state index is 0.00399. The molecule has 4 aliphatic heterocycles. The van der Waals surface area contributed by atoms with Gasteiger partial charge in [-0.05, 0) is 88.4 Å². The number of fused-ring (bicyclic) bond motifs is 1. The first kappa shape index (κ1) is 68.4. The van der Waals surface area contributed by atoms with E-state index in [0.29, 0.717) is 25.7 Å². The second-order valence-electron chi connectivity index (χ2n) is 23.9. The Bertz CT molecular complexity index is 2240. The Kier molecular flexibility index (Phi) is 24.7. The zero-order valence-corrected chi connectivity index (χ0v) is 47.7. The van der Waals surface area contributed by atoms with E-state index in [4.69, 9.17) is 61.9 Å². The van der Waals surface area contributed by atoms with Crippen LogP contribution in [0.25, 0.3) is 0 Å². The lowest BCUT2D eigenvalue weighted by atomic mass is 9.72. The third kappa shape index (κ3) is 16.9. The molecule has 0 aromatic rings. The van der Waals surface area contributed by atoms with E-state index in [0.717, 1.165) is 6.08 Å². The first-order valence-corrected chi connectivity index (χ1v) is 29.5. The molecule has 30 heteroatoms. The Hall–Kier alpha value is -3.52. The molecule has 490 valence electrons. The third-order valence-electron chi connectivity index (χ3n) is 18.0. The number of ether oxygens (including phenoxy) is 12. The van der Waals surface area contributed by atoms with Gasteiger partial charge in [0.05, 0.1) is 67.6 Å². The number of rotatable bonds is 21. The fourth-order valence-electron chi connectivity index (χ4n) is 13.1. The molecule has 11 unspecified atom stereocenters. The molecule has 4 saturated carbocycles. The fraction of sp³-hybridized carbons (Fsp3) is 0.857. The van der Waals surface area contributed by atoms with Gasteiger partial charge in [0.25, 0.3) is 0 Å². The third-order valence-corrected chi connectivity index (χ3v) is 18.0. The molecular formula is C56H86O30. The fourth-order valence-corrected chi connectivity index (χ4v) is 13.1. The molecule has 26 atom stereocenters. The number of carbonyl (C=O) groups is 4. The van der Waals surface area contributed by atoms with E-state index in [2.05, 4.69) is 0 Å². The van der Waals surface area contributed by atoms with Crippen LogP contribution < -0.4 is 0 Å². The predicted octanol–water partition coefficient (Wildman–Crippen LogP) is -4.78. The molecule has 8 aliphatic rings. The summed E-state index contributed by atoms with van der Waals surface area (Å²) in [6, 6.07) is 0. The Morgan fingerprint density at radius 2 is 1.07 bits per heavy atom. The van der Waals surface area contributed by atoms with Crippen LogP contribution in [0.1, 0.15) is 83.5 Å². The molecule has 8 fully saturated rings. The Morgan fingerprint density at radius 1 is 0.488 bits per heavy atom. The van der Waals surface area contributed by atoms with Gasteiger partial charge < -0.3 is 128 Å². The lowest BCUT2D eigenvalue weighted by Crippen LogP contribution is -2.66. The van der Waals surface area contributed by atoms with Crippen LogP contribution in [0.5, 0.6) is 0 Å². The van der Waals surface area contributed by atoms with Crippen molar-refractivity contribution in [2.75, 3.05) is 34.0 Å². The predicted molar refractivity (Wildman–Crippen MR) is 282 cm³/mol. The number of esters is 3. The number of hydrogen-bond acceptors (Lipinski definition) is 29. The highest BCUT2D eigenvalue weighted by molar-refractivity contribution is 5.90. The summed E-state index contributed by atoms with van der Waals surface area (Å²) in [5.41, 5.74) is 0. The molecule has 0 spiro atoms. The van der Waals surface area contributed by atoms with Gasteiger partial charge in [-0.15, -0.1) is 0 Å². The molecule has 4 saturated heterocycles. The van der Waals surface area contributed by atoms with E-state index < -0.39 is 221 Å². The van der Waals surface area contributed by atoms with Crippen molar-refractivity contribution in [2.24, 2.45) is 23.7 Å². The molecule has 14 N–H and O–H groups in total. The average molecular weight is 1240 g/mol. The summed E-state index contributed by atoms with van der Waals surface area (Å²) in [7, 11) is 2.83. The average Bonchev–Trinajstić information content (AvgIpc) is 1.24. The topological polar surface area (TPSA) is 462 Å². The van der Waals surface area contributed by atoms with Crippen molar-refractivity contribution in [3.8, 4) is 0 Å². The van der Waals surface area contributed by atoms with Crippen molar-refractivity contribution in [3.05, 3.63) is 24.3 Å². The van der Waals surface area contributed by atoms with E-state index in [1.165, 1.54) is 26.4 Å². The molecule has 0 aromatic heterocycles. The monoisotopic (exact) mass is 1240 g/mol. The van der Waals surface area contributed by atoms with Crippen molar-refractivity contribution >= 4 is 23.9 Å². The molecule has 86 heavy (non-hydrogen) atoms. The van der Waals surface area contributed by atoms with Gasteiger partial charge in [0, 0.05) is 38.7 Å². The van der Waals surface area contributed by atoms with Crippen LogP contribution in [-0.4, -0.2) is 289 Å². The number of carbonyl (C=O) groups excluding carboxylic acids is 3. The van der Waals surface area contributed by atoms with Crippen molar-refractivity contribution in [2.45, 2.75) is 243 Å². The Morgan fingerprint density at radius 3 is 1.72 bits per heavy atom. The van der Waals surface area contributed by atoms with Gasteiger partial charge in [-0.3, -0.25) is 9.59 Å². The van der Waals surface area contributed by atoms with Crippen molar-refractivity contribution in [1.82, 2.24) is 0 Å². The lowest BCUT2D eigenvalue weighted by molar-refractivity contribution is -0.380. The van der Waals surface area contributed by atoms with Crippen LogP contribution in [0.15, 0.2) is 24.3 Å². The molecule has 0 radical (unpaired) electrons. The highest BCUT2D eigenvalue weighted by Gasteiger charge is 2.57. The molecule has 4 aliphatic carbocycles. The summed E-state index contributed by atoms with van der Waals surface area (Å²) in [5, 5.41) is 152. The number of allylic oxidation sites excluding steroid dienone is 2. The Labute approximate surface area is 495 Å². The van der Waals surface area contributed by atoms with E-state index >= 15 is 0 Å². The van der Waals surface area contributed by atoms with Gasteiger partial charge in [-0.1, -0.05) is 12.2 Å². The van der Waals surface area contributed by atoms with Gasteiger partial charge in [0.2, 0.25) is 0 Å². The molecular weight excluding hydrogens is 1150 g/mol. The van der Waals surface area contributed by atoms with Gasteiger partial charge in [-0.25, -0.2) is 9.59 Å². The van der Waals surface area contributed by atoms with Gasteiger partial charge >= 0.3 is 23.9 Å². The van der Waals surface area contributed by atoms with Crippen molar-refractivity contribution in [3.63, 3.8) is 0 Å². The van der Waals surface area contributed by atoms with E-state index in [1.807, 2.05) is 0 Å². The summed E-state index contributed by atoms with van der Waals surface area (Å²) in [6.07, 6.45) is -31.2. The van der Waals surface area contributed by atoms with Crippen LogP contribution in [0.3, 0.4) is 0 Å².